The fourth-order valence-corrected chi connectivity index (χ4v) is 2.25. The molecule has 8 nitrogen and oxygen atoms in total. The Kier molecular flexibility index (Phi) is 5.99. The van der Waals surface area contributed by atoms with Gasteiger partial charge in [-0.1, -0.05) is 0 Å². The lowest BCUT2D eigenvalue weighted by molar-refractivity contribution is -0.222. The largest absolute Gasteiger partial charge is 0.459 e. The number of carbonyl (C=O) groups excluding carboxylic acids is 4. The third-order valence-corrected chi connectivity index (χ3v) is 3.47. The van der Waals surface area contributed by atoms with Crippen LogP contribution in [0, 0.1) is 0 Å². The molecular weight excluding hydrogens is 330 g/mol. The third kappa shape index (κ3) is 5.88. The molecule has 2 rings (SSSR count). The van der Waals surface area contributed by atoms with Gasteiger partial charge in [-0.25, -0.2) is 9.59 Å². The van der Waals surface area contributed by atoms with Gasteiger partial charge in [-0.2, -0.15) is 0 Å². The van der Waals surface area contributed by atoms with Gasteiger partial charge in [-0.05, 0) is 20.8 Å². The summed E-state index contributed by atoms with van der Waals surface area (Å²) in [7, 11) is 3.48. The lowest BCUT2D eigenvalue weighted by Gasteiger charge is -2.31. The van der Waals surface area contributed by atoms with Crippen LogP contribution in [0.5, 0.6) is 0 Å². The van der Waals surface area contributed by atoms with Crippen LogP contribution in [-0.4, -0.2) is 54.1 Å². The van der Waals surface area contributed by atoms with Crippen LogP contribution < -0.4 is 0 Å². The summed E-state index contributed by atoms with van der Waals surface area (Å²) in [5.41, 5.74) is -0.0910. The maximum Gasteiger partial charge on any atom is 0.350 e. The zero-order chi connectivity index (χ0) is 19.6. The number of nitrogens with zero attached hydrogens (tertiary/aromatic N) is 1. The number of rotatable bonds is 1. The Morgan fingerprint density at radius 1 is 0.920 bits per heavy atom. The van der Waals surface area contributed by atoms with Crippen molar-refractivity contribution >= 4 is 23.7 Å². The summed E-state index contributed by atoms with van der Waals surface area (Å²) >= 11 is 0. The van der Waals surface area contributed by atoms with Crippen molar-refractivity contribution in [3.8, 4) is 0 Å². The fraction of sp³-hybridized carbons (Fsp3) is 0.647. The molecule has 0 unspecified atom stereocenters. The summed E-state index contributed by atoms with van der Waals surface area (Å²) in [6.45, 7) is 8.18. The number of ether oxygens (including phenoxy) is 3. The summed E-state index contributed by atoms with van der Waals surface area (Å²) < 4.78 is 14.8. The van der Waals surface area contributed by atoms with Crippen molar-refractivity contribution in [1.29, 1.82) is 0 Å². The molecule has 140 valence electrons. The molecule has 0 spiro atoms. The predicted molar refractivity (Wildman–Crippen MR) is 87.1 cm³/mol. The van der Waals surface area contributed by atoms with E-state index in [4.69, 9.17) is 14.2 Å². The Labute approximate surface area is 147 Å². The molecular formula is C17H25NO7. The van der Waals surface area contributed by atoms with Crippen LogP contribution in [0.4, 0.5) is 0 Å². The Morgan fingerprint density at radius 3 is 1.76 bits per heavy atom. The quantitative estimate of drug-likeness (QED) is 0.301. The second-order valence-electron chi connectivity index (χ2n) is 7.16. The highest BCUT2D eigenvalue weighted by Gasteiger charge is 2.40. The molecule has 0 aromatic heterocycles. The SMILES string of the molecule is CC(=C1C(=O)OC(C)(C)OC1=O)N(C)C.CC1(C)CC(=O)CC(=O)O1. The number of ketones is 1. The second-order valence-corrected chi connectivity index (χ2v) is 7.16. The molecule has 0 bridgehead atoms. The van der Waals surface area contributed by atoms with Crippen LogP contribution in [0.3, 0.4) is 0 Å². The number of allylic oxidation sites excluding steroid dienone is 1. The average Bonchev–Trinajstić information content (AvgIpc) is 2.33. The Hall–Kier alpha value is -2.38. The zero-order valence-corrected chi connectivity index (χ0v) is 15.7. The lowest BCUT2D eigenvalue weighted by atomic mass is 9.97. The van der Waals surface area contributed by atoms with Crippen molar-refractivity contribution < 1.29 is 33.4 Å². The van der Waals surface area contributed by atoms with E-state index in [9.17, 15) is 19.2 Å². The van der Waals surface area contributed by atoms with Crippen LogP contribution in [0.25, 0.3) is 0 Å². The second kappa shape index (κ2) is 7.25. The number of hydrogen-bond acceptors (Lipinski definition) is 8. The van der Waals surface area contributed by atoms with Gasteiger partial charge in [0.15, 0.2) is 5.57 Å². The lowest BCUT2D eigenvalue weighted by Crippen LogP contribution is -2.43. The van der Waals surface area contributed by atoms with E-state index >= 15 is 0 Å². The first-order chi connectivity index (χ1) is 11.2. The van der Waals surface area contributed by atoms with Gasteiger partial charge in [0, 0.05) is 40.1 Å². The Morgan fingerprint density at radius 2 is 1.40 bits per heavy atom. The Bertz CT molecular complexity index is 589. The zero-order valence-electron chi connectivity index (χ0n) is 15.7. The molecule has 2 fully saturated rings. The molecule has 25 heavy (non-hydrogen) atoms. The van der Waals surface area contributed by atoms with Crippen molar-refractivity contribution in [1.82, 2.24) is 4.90 Å². The standard InChI is InChI=1S/C10H15NO4.C7H10O3/c1-6(11(4)5)7-8(12)14-10(2,3)15-9(7)13;1-7(2)4-5(8)3-6(9)10-7/h1-5H3;3-4H2,1-2H3. The van der Waals surface area contributed by atoms with Gasteiger partial charge in [-0.3, -0.25) is 9.59 Å². The summed E-state index contributed by atoms with van der Waals surface area (Å²) in [5.74, 6) is -2.88. The molecule has 2 aliphatic rings. The molecule has 0 radical (unpaired) electrons. The summed E-state index contributed by atoms with van der Waals surface area (Å²) in [5, 5.41) is 0. The smallest absolute Gasteiger partial charge is 0.350 e. The van der Waals surface area contributed by atoms with Gasteiger partial charge in [0.1, 0.15) is 17.8 Å². The van der Waals surface area contributed by atoms with Crippen LogP contribution in [0.15, 0.2) is 11.3 Å². The summed E-state index contributed by atoms with van der Waals surface area (Å²) in [4.78, 5) is 46.2. The molecule has 8 heteroatoms. The predicted octanol–water partition coefficient (Wildman–Crippen LogP) is 1.33. The molecule has 0 aliphatic carbocycles. The van der Waals surface area contributed by atoms with Gasteiger partial charge in [0.05, 0.1) is 0 Å². The van der Waals surface area contributed by atoms with E-state index in [1.807, 2.05) is 0 Å². The van der Waals surface area contributed by atoms with Crippen LogP contribution in [-0.2, 0) is 33.4 Å². The minimum atomic E-state index is -1.18. The molecule has 0 aromatic carbocycles. The maximum absolute atomic E-state index is 11.6. The maximum atomic E-state index is 11.6. The first-order valence-corrected chi connectivity index (χ1v) is 7.82. The summed E-state index contributed by atoms with van der Waals surface area (Å²) in [6.07, 6.45) is 0.294. The number of Topliss-reactive ketones (excluding diaryl/α,β-unsaturated/α-hetero) is 1. The van der Waals surface area contributed by atoms with Crippen molar-refractivity contribution in [2.75, 3.05) is 14.1 Å². The third-order valence-electron chi connectivity index (χ3n) is 3.47. The topological polar surface area (TPSA) is 99.2 Å². The molecule has 2 saturated heterocycles. The van der Waals surface area contributed by atoms with E-state index in [0.717, 1.165) is 0 Å². The van der Waals surface area contributed by atoms with E-state index in [1.165, 1.54) is 13.8 Å². The number of cyclic esters (lactones) is 3. The number of hydrogen-bond donors (Lipinski definition) is 0. The molecule has 0 aromatic rings. The normalized spacial score (nSPS) is 21.3. The fourth-order valence-electron chi connectivity index (χ4n) is 2.25. The Balaban J connectivity index is 0.000000271. The minimum Gasteiger partial charge on any atom is -0.459 e. The van der Waals surface area contributed by atoms with E-state index in [1.54, 1.807) is 39.8 Å². The van der Waals surface area contributed by atoms with Crippen molar-refractivity contribution in [3.63, 3.8) is 0 Å². The number of esters is 3. The minimum absolute atomic E-state index is 0.0266. The highest BCUT2D eigenvalue weighted by molar-refractivity contribution is 6.15. The van der Waals surface area contributed by atoms with Gasteiger partial charge in [0.25, 0.3) is 5.79 Å². The van der Waals surface area contributed by atoms with Crippen LogP contribution >= 0.6 is 0 Å². The van der Waals surface area contributed by atoms with Crippen LogP contribution in [0.1, 0.15) is 47.5 Å². The van der Waals surface area contributed by atoms with Crippen molar-refractivity contribution in [3.05, 3.63) is 11.3 Å². The van der Waals surface area contributed by atoms with E-state index in [2.05, 4.69) is 0 Å². The van der Waals surface area contributed by atoms with Gasteiger partial charge in [-0.15, -0.1) is 0 Å². The first-order valence-electron chi connectivity index (χ1n) is 7.82. The average molecular weight is 355 g/mol. The van der Waals surface area contributed by atoms with Crippen LogP contribution in [0.2, 0.25) is 0 Å². The first kappa shape index (κ1) is 20.7. The molecule has 0 atom stereocenters. The van der Waals surface area contributed by atoms with Gasteiger partial charge in [0.2, 0.25) is 0 Å². The molecule has 2 heterocycles. The highest BCUT2D eigenvalue weighted by Crippen LogP contribution is 2.25. The number of carbonyl (C=O) groups is 4. The molecule has 0 amide bonds. The molecule has 0 N–H and O–H groups in total. The van der Waals surface area contributed by atoms with Gasteiger partial charge < -0.3 is 19.1 Å². The highest BCUT2D eigenvalue weighted by atomic mass is 16.7. The van der Waals surface area contributed by atoms with E-state index in [0.29, 0.717) is 12.1 Å². The monoisotopic (exact) mass is 355 g/mol. The van der Waals surface area contributed by atoms with Crippen molar-refractivity contribution in [2.45, 2.75) is 58.8 Å². The van der Waals surface area contributed by atoms with E-state index in [-0.39, 0.29) is 17.8 Å². The van der Waals surface area contributed by atoms with Gasteiger partial charge >= 0.3 is 17.9 Å². The molecule has 0 saturated carbocycles. The summed E-state index contributed by atoms with van der Waals surface area (Å²) in [6, 6.07) is 0. The van der Waals surface area contributed by atoms with Crippen molar-refractivity contribution in [2.24, 2.45) is 0 Å². The van der Waals surface area contributed by atoms with E-state index < -0.39 is 29.3 Å². The molecule has 2 aliphatic heterocycles.